The average molecular weight is 320 g/mol. The smallest absolute Gasteiger partial charge is 0.176 e. The molecule has 0 heterocycles. The predicted octanol–water partition coefficient (Wildman–Crippen LogP) is 3.86. The first-order chi connectivity index (χ1) is 6.56. The SMILES string of the molecule is Cc1cc(C(=O)C(C)Br)ccc1CBr. The van der Waals surface area contributed by atoms with Gasteiger partial charge in [0.2, 0.25) is 0 Å². The van der Waals surface area contributed by atoms with E-state index in [1.54, 1.807) is 0 Å². The highest BCUT2D eigenvalue weighted by Gasteiger charge is 2.12. The zero-order chi connectivity index (χ0) is 10.7. The van der Waals surface area contributed by atoms with Gasteiger partial charge in [-0.2, -0.15) is 0 Å². The van der Waals surface area contributed by atoms with Crippen LogP contribution in [0.3, 0.4) is 0 Å². The van der Waals surface area contributed by atoms with E-state index in [1.165, 1.54) is 5.56 Å². The Hall–Kier alpha value is -0.150. The molecular formula is C11H12Br2O. The number of carbonyl (C=O) groups excluding carboxylic acids is 1. The molecule has 3 heteroatoms. The summed E-state index contributed by atoms with van der Waals surface area (Å²) in [4.78, 5) is 11.5. The summed E-state index contributed by atoms with van der Waals surface area (Å²) in [7, 11) is 0. The quantitative estimate of drug-likeness (QED) is 0.611. The number of hydrogen-bond acceptors (Lipinski definition) is 1. The van der Waals surface area contributed by atoms with E-state index in [1.807, 2.05) is 32.0 Å². The molecule has 0 spiro atoms. The topological polar surface area (TPSA) is 17.1 Å². The molecule has 0 amide bonds. The predicted molar refractivity (Wildman–Crippen MR) is 66.5 cm³/mol. The van der Waals surface area contributed by atoms with Crippen LogP contribution < -0.4 is 0 Å². The number of carbonyl (C=O) groups is 1. The highest BCUT2D eigenvalue weighted by molar-refractivity contribution is 9.10. The Bertz CT molecular complexity index is 345. The highest BCUT2D eigenvalue weighted by Crippen LogP contribution is 2.16. The molecular weight excluding hydrogens is 308 g/mol. The van der Waals surface area contributed by atoms with Gasteiger partial charge in [-0.3, -0.25) is 4.79 Å². The maximum atomic E-state index is 11.6. The third-order valence-electron chi connectivity index (χ3n) is 2.13. The molecule has 1 aromatic rings. The van der Waals surface area contributed by atoms with Crippen LogP contribution in [0.2, 0.25) is 0 Å². The fourth-order valence-electron chi connectivity index (χ4n) is 1.23. The summed E-state index contributed by atoms with van der Waals surface area (Å²) in [5.74, 6) is 0.134. The number of benzene rings is 1. The van der Waals surface area contributed by atoms with Crippen molar-refractivity contribution >= 4 is 37.6 Å². The molecule has 76 valence electrons. The third kappa shape index (κ3) is 2.67. The van der Waals surface area contributed by atoms with Crippen molar-refractivity contribution < 1.29 is 4.79 Å². The molecule has 0 radical (unpaired) electrons. The molecule has 0 aliphatic heterocycles. The number of ketones is 1. The first-order valence-corrected chi connectivity index (χ1v) is 6.43. The third-order valence-corrected chi connectivity index (χ3v) is 3.15. The van der Waals surface area contributed by atoms with E-state index < -0.39 is 0 Å². The van der Waals surface area contributed by atoms with E-state index in [9.17, 15) is 4.79 Å². The van der Waals surface area contributed by atoms with Crippen LogP contribution in [0, 0.1) is 6.92 Å². The molecule has 0 aromatic heterocycles. The van der Waals surface area contributed by atoms with Crippen molar-refractivity contribution in [3.63, 3.8) is 0 Å². The number of Topliss-reactive ketones (excluding diaryl/α,β-unsaturated/α-hetero) is 1. The second kappa shape index (κ2) is 5.08. The Morgan fingerprint density at radius 3 is 2.57 bits per heavy atom. The zero-order valence-electron chi connectivity index (χ0n) is 8.18. The Balaban J connectivity index is 3.03. The lowest BCUT2D eigenvalue weighted by Gasteiger charge is -2.06. The van der Waals surface area contributed by atoms with Crippen molar-refractivity contribution in [1.82, 2.24) is 0 Å². The molecule has 0 aliphatic carbocycles. The molecule has 1 atom stereocenters. The molecule has 0 fully saturated rings. The van der Waals surface area contributed by atoms with Crippen LogP contribution in [-0.2, 0) is 5.33 Å². The Morgan fingerprint density at radius 2 is 2.14 bits per heavy atom. The minimum Gasteiger partial charge on any atom is -0.293 e. The minimum absolute atomic E-state index is 0.114. The van der Waals surface area contributed by atoms with Crippen LogP contribution >= 0.6 is 31.9 Å². The largest absolute Gasteiger partial charge is 0.293 e. The summed E-state index contributed by atoms with van der Waals surface area (Å²) in [6.07, 6.45) is 0. The number of halogens is 2. The fraction of sp³-hybridized carbons (Fsp3) is 0.364. The normalized spacial score (nSPS) is 12.6. The van der Waals surface area contributed by atoms with Gasteiger partial charge in [-0.1, -0.05) is 44.0 Å². The number of aryl methyl sites for hydroxylation is 1. The summed E-state index contributed by atoms with van der Waals surface area (Å²) < 4.78 is 0. The number of hydrogen-bond donors (Lipinski definition) is 0. The van der Waals surface area contributed by atoms with Gasteiger partial charge in [0.15, 0.2) is 5.78 Å². The first-order valence-electron chi connectivity index (χ1n) is 4.40. The summed E-state index contributed by atoms with van der Waals surface area (Å²) in [6, 6.07) is 5.81. The lowest BCUT2D eigenvalue weighted by atomic mass is 10.0. The molecule has 14 heavy (non-hydrogen) atoms. The molecule has 0 N–H and O–H groups in total. The average Bonchev–Trinajstić information content (AvgIpc) is 2.16. The first kappa shape index (κ1) is 11.9. The molecule has 0 saturated heterocycles. The van der Waals surface area contributed by atoms with Gasteiger partial charge < -0.3 is 0 Å². The Labute approximate surface area is 101 Å². The lowest BCUT2D eigenvalue weighted by molar-refractivity contribution is 0.0996. The number of alkyl halides is 2. The van der Waals surface area contributed by atoms with E-state index in [0.717, 1.165) is 16.5 Å². The molecule has 0 saturated carbocycles. The van der Waals surface area contributed by atoms with Crippen LogP contribution in [0.25, 0.3) is 0 Å². The second-order valence-electron chi connectivity index (χ2n) is 3.26. The summed E-state index contributed by atoms with van der Waals surface area (Å²) in [6.45, 7) is 3.86. The van der Waals surface area contributed by atoms with Crippen molar-refractivity contribution in [3.8, 4) is 0 Å². The monoisotopic (exact) mass is 318 g/mol. The van der Waals surface area contributed by atoms with Gasteiger partial charge in [0.05, 0.1) is 4.83 Å². The van der Waals surface area contributed by atoms with Crippen molar-refractivity contribution in [2.45, 2.75) is 24.0 Å². The van der Waals surface area contributed by atoms with Crippen molar-refractivity contribution in [1.29, 1.82) is 0 Å². The lowest BCUT2D eigenvalue weighted by Crippen LogP contribution is -2.10. The van der Waals surface area contributed by atoms with Crippen LogP contribution in [0.15, 0.2) is 18.2 Å². The van der Waals surface area contributed by atoms with Gasteiger partial charge in [-0.15, -0.1) is 0 Å². The van der Waals surface area contributed by atoms with Crippen LogP contribution in [-0.4, -0.2) is 10.6 Å². The van der Waals surface area contributed by atoms with E-state index in [0.29, 0.717) is 0 Å². The highest BCUT2D eigenvalue weighted by atomic mass is 79.9. The summed E-state index contributed by atoms with van der Waals surface area (Å²) in [5.41, 5.74) is 3.15. The van der Waals surface area contributed by atoms with E-state index in [-0.39, 0.29) is 10.6 Å². The van der Waals surface area contributed by atoms with Gasteiger partial charge in [0.25, 0.3) is 0 Å². The minimum atomic E-state index is -0.114. The maximum absolute atomic E-state index is 11.6. The maximum Gasteiger partial charge on any atom is 0.176 e. The van der Waals surface area contributed by atoms with Gasteiger partial charge >= 0.3 is 0 Å². The van der Waals surface area contributed by atoms with Crippen LogP contribution in [0.5, 0.6) is 0 Å². The molecule has 1 rings (SSSR count). The molecule has 1 aromatic carbocycles. The number of rotatable bonds is 3. The van der Waals surface area contributed by atoms with E-state index in [2.05, 4.69) is 31.9 Å². The van der Waals surface area contributed by atoms with Gasteiger partial charge in [-0.25, -0.2) is 0 Å². The second-order valence-corrected chi connectivity index (χ2v) is 5.19. The van der Waals surface area contributed by atoms with Crippen molar-refractivity contribution in [3.05, 3.63) is 34.9 Å². The Morgan fingerprint density at radius 1 is 1.50 bits per heavy atom. The Kier molecular flexibility index (Phi) is 4.32. The fourth-order valence-corrected chi connectivity index (χ4v) is 2.12. The molecule has 1 unspecified atom stereocenters. The van der Waals surface area contributed by atoms with Gasteiger partial charge in [0, 0.05) is 10.9 Å². The summed E-state index contributed by atoms with van der Waals surface area (Å²) >= 11 is 6.68. The van der Waals surface area contributed by atoms with E-state index >= 15 is 0 Å². The van der Waals surface area contributed by atoms with Crippen molar-refractivity contribution in [2.24, 2.45) is 0 Å². The van der Waals surface area contributed by atoms with Crippen LogP contribution in [0.1, 0.15) is 28.4 Å². The zero-order valence-corrected chi connectivity index (χ0v) is 11.4. The molecule has 0 aliphatic rings. The van der Waals surface area contributed by atoms with Gasteiger partial charge in [0.1, 0.15) is 0 Å². The van der Waals surface area contributed by atoms with Crippen LogP contribution in [0.4, 0.5) is 0 Å². The van der Waals surface area contributed by atoms with Crippen molar-refractivity contribution in [2.75, 3.05) is 0 Å². The van der Waals surface area contributed by atoms with E-state index in [4.69, 9.17) is 0 Å². The standard InChI is InChI=1S/C11H12Br2O/c1-7-5-9(11(14)8(2)13)3-4-10(7)6-12/h3-5,8H,6H2,1-2H3. The van der Waals surface area contributed by atoms with Gasteiger partial charge in [-0.05, 0) is 31.0 Å². The molecule has 0 bridgehead atoms. The summed E-state index contributed by atoms with van der Waals surface area (Å²) in [5, 5.41) is 0.831. The molecule has 1 nitrogen and oxygen atoms in total.